The Balaban J connectivity index is 1.79. The number of carbonyl (C=O) groups excluding carboxylic acids is 2. The first kappa shape index (κ1) is 24.4. The van der Waals surface area contributed by atoms with Crippen LogP contribution in [0.4, 0.5) is 13.2 Å². The number of halogens is 3. The number of ether oxygens (including phenoxy) is 3. The van der Waals surface area contributed by atoms with Gasteiger partial charge in [0.05, 0.1) is 26.9 Å². The van der Waals surface area contributed by atoms with Crippen molar-refractivity contribution >= 4 is 11.9 Å². The summed E-state index contributed by atoms with van der Waals surface area (Å²) in [5, 5.41) is 2.85. The largest absolute Gasteiger partial charge is 0.497 e. The lowest BCUT2D eigenvalue weighted by atomic mass is 10.1. The lowest BCUT2D eigenvalue weighted by Gasteiger charge is -2.24. The number of hydrogen-bond acceptors (Lipinski definition) is 6. The van der Waals surface area contributed by atoms with Crippen molar-refractivity contribution in [1.82, 2.24) is 10.2 Å². The molecule has 33 heavy (non-hydrogen) atoms. The fourth-order valence-corrected chi connectivity index (χ4v) is 3.92. The predicted octanol–water partition coefficient (Wildman–Crippen LogP) is 3.27. The molecule has 0 unspecified atom stereocenters. The van der Waals surface area contributed by atoms with Gasteiger partial charge in [-0.15, -0.1) is 0 Å². The summed E-state index contributed by atoms with van der Waals surface area (Å²) in [5.41, 5.74) is -0.422. The van der Waals surface area contributed by atoms with Crippen LogP contribution >= 0.6 is 0 Å². The van der Waals surface area contributed by atoms with Crippen LogP contribution in [0.3, 0.4) is 0 Å². The van der Waals surface area contributed by atoms with E-state index in [2.05, 4.69) is 5.32 Å². The Morgan fingerprint density at radius 3 is 2.27 bits per heavy atom. The highest BCUT2D eigenvalue weighted by Crippen LogP contribution is 2.33. The minimum Gasteiger partial charge on any atom is -0.497 e. The third-order valence-electron chi connectivity index (χ3n) is 5.52. The van der Waals surface area contributed by atoms with Gasteiger partial charge in [0.2, 0.25) is 0 Å². The molecule has 2 aromatic rings. The van der Waals surface area contributed by atoms with Gasteiger partial charge in [0, 0.05) is 30.8 Å². The Morgan fingerprint density at radius 1 is 1.06 bits per heavy atom. The van der Waals surface area contributed by atoms with Crippen LogP contribution < -0.4 is 14.8 Å². The first-order valence-corrected chi connectivity index (χ1v) is 10.2. The van der Waals surface area contributed by atoms with Gasteiger partial charge in [-0.25, -0.2) is 0 Å². The van der Waals surface area contributed by atoms with Crippen LogP contribution in [0.2, 0.25) is 0 Å². The normalized spacial score (nSPS) is 18.6. The van der Waals surface area contributed by atoms with Gasteiger partial charge in [0.1, 0.15) is 17.5 Å². The molecule has 2 atom stereocenters. The minimum atomic E-state index is -4.52. The Morgan fingerprint density at radius 2 is 1.70 bits per heavy atom. The maximum atomic E-state index is 13.4. The molecule has 0 aliphatic carbocycles. The number of nitrogens with one attached hydrogen (secondary N) is 1. The topological polar surface area (TPSA) is 77.1 Å². The van der Waals surface area contributed by atoms with Crippen molar-refractivity contribution in [3.8, 4) is 11.5 Å². The molecule has 178 valence electrons. The number of methoxy groups -OCH3 is 3. The number of carbonyl (C=O) groups is 2. The smallest absolute Gasteiger partial charge is 0.416 e. The number of hydrogen-bond donors (Lipinski definition) is 1. The molecule has 0 radical (unpaired) electrons. The zero-order valence-corrected chi connectivity index (χ0v) is 18.4. The molecule has 1 amide bonds. The minimum absolute atomic E-state index is 0.0448. The number of benzene rings is 2. The Hall–Kier alpha value is -3.27. The fourth-order valence-electron chi connectivity index (χ4n) is 3.92. The van der Waals surface area contributed by atoms with Crippen LogP contribution in [0.15, 0.2) is 42.5 Å². The van der Waals surface area contributed by atoms with Crippen LogP contribution in [0.25, 0.3) is 0 Å². The molecule has 0 bridgehead atoms. The van der Waals surface area contributed by atoms with E-state index < -0.39 is 35.7 Å². The quantitative estimate of drug-likeness (QED) is 0.632. The van der Waals surface area contributed by atoms with Crippen LogP contribution in [-0.4, -0.2) is 56.7 Å². The van der Waals surface area contributed by atoms with Crippen LogP contribution in [0.5, 0.6) is 11.5 Å². The molecule has 1 saturated heterocycles. The second-order valence-electron chi connectivity index (χ2n) is 7.63. The summed E-state index contributed by atoms with van der Waals surface area (Å²) in [6.45, 7) is 0.0631. The van der Waals surface area contributed by atoms with Gasteiger partial charge in [-0.2, -0.15) is 13.2 Å². The van der Waals surface area contributed by atoms with Crippen LogP contribution in [0.1, 0.15) is 27.9 Å². The highest BCUT2D eigenvalue weighted by atomic mass is 19.4. The highest BCUT2D eigenvalue weighted by molar-refractivity contribution is 5.95. The molecule has 2 aromatic carbocycles. The molecule has 1 aliphatic heterocycles. The second kappa shape index (κ2) is 10.1. The molecule has 1 fully saturated rings. The van der Waals surface area contributed by atoms with Gasteiger partial charge in [0.25, 0.3) is 5.91 Å². The molecular formula is C23H25F3N2O5. The van der Waals surface area contributed by atoms with Crippen molar-refractivity contribution in [3.63, 3.8) is 0 Å². The molecule has 0 spiro atoms. The first-order valence-electron chi connectivity index (χ1n) is 10.2. The maximum Gasteiger partial charge on any atom is 0.416 e. The molecule has 7 nitrogen and oxygen atoms in total. The maximum absolute atomic E-state index is 13.4. The van der Waals surface area contributed by atoms with E-state index in [1.165, 1.54) is 39.5 Å². The number of amides is 1. The van der Waals surface area contributed by atoms with Crippen LogP contribution in [0, 0.1) is 0 Å². The zero-order valence-electron chi connectivity index (χ0n) is 18.4. The number of esters is 1. The van der Waals surface area contributed by atoms with Crippen molar-refractivity contribution in [2.45, 2.75) is 31.2 Å². The third-order valence-corrected chi connectivity index (χ3v) is 5.52. The van der Waals surface area contributed by atoms with Crippen LogP contribution in [-0.2, 0) is 22.3 Å². The first-order chi connectivity index (χ1) is 15.7. The third kappa shape index (κ3) is 5.75. The van der Waals surface area contributed by atoms with Gasteiger partial charge in [0.15, 0.2) is 0 Å². The molecular weight excluding hydrogens is 441 g/mol. The van der Waals surface area contributed by atoms with Crippen molar-refractivity contribution in [1.29, 1.82) is 0 Å². The Kier molecular flexibility index (Phi) is 7.47. The summed E-state index contributed by atoms with van der Waals surface area (Å²) in [4.78, 5) is 26.8. The lowest BCUT2D eigenvalue weighted by Crippen LogP contribution is -2.38. The predicted molar refractivity (Wildman–Crippen MR) is 113 cm³/mol. The zero-order chi connectivity index (χ0) is 24.2. The SMILES string of the molecule is COC(=O)[C@@H]1C[C@H](NC(=O)c2cc(OC)cc(OC)c2)CN1Cc1ccccc1C(F)(F)F. The van der Waals surface area contributed by atoms with Gasteiger partial charge >= 0.3 is 12.1 Å². The summed E-state index contributed by atoms with van der Waals surface area (Å²) < 4.78 is 55.5. The van der Waals surface area contributed by atoms with Crippen molar-refractivity contribution in [2.24, 2.45) is 0 Å². The number of alkyl halides is 3. The number of rotatable bonds is 7. The molecule has 0 saturated carbocycles. The average molecular weight is 466 g/mol. The molecule has 3 rings (SSSR count). The van der Waals surface area contributed by atoms with E-state index >= 15 is 0 Å². The van der Waals surface area contributed by atoms with E-state index in [4.69, 9.17) is 14.2 Å². The molecule has 1 heterocycles. The van der Waals surface area contributed by atoms with E-state index in [1.807, 2.05) is 0 Å². The van der Waals surface area contributed by atoms with Crippen molar-refractivity contribution in [3.05, 3.63) is 59.2 Å². The Labute approximate surface area is 189 Å². The van der Waals surface area contributed by atoms with Gasteiger partial charge < -0.3 is 19.5 Å². The van der Waals surface area contributed by atoms with Crippen molar-refractivity contribution < 1.29 is 37.0 Å². The highest BCUT2D eigenvalue weighted by Gasteiger charge is 2.40. The summed E-state index contributed by atoms with van der Waals surface area (Å²) >= 11 is 0. The standard InChI is InChI=1S/C23H25F3N2O5/c1-31-17-8-15(9-18(11-17)32-2)21(29)27-16-10-20(22(30)33-3)28(13-16)12-14-6-4-5-7-19(14)23(24,25)26/h4-9,11,16,20H,10,12-13H2,1-3H3,(H,27,29)/t16-,20-/m0/s1. The fraction of sp³-hybridized carbons (Fsp3) is 0.391. The van der Waals surface area contributed by atoms with Gasteiger partial charge in [-0.1, -0.05) is 18.2 Å². The second-order valence-corrected chi connectivity index (χ2v) is 7.63. The van der Waals surface area contributed by atoms with Gasteiger partial charge in [-0.05, 0) is 30.2 Å². The summed E-state index contributed by atoms with van der Waals surface area (Å²) in [5.74, 6) is -0.120. The van der Waals surface area contributed by atoms with Gasteiger partial charge in [-0.3, -0.25) is 14.5 Å². The summed E-state index contributed by atoms with van der Waals surface area (Å²) in [6, 6.07) is 8.67. The number of likely N-dealkylation sites (tertiary alicyclic amines) is 1. The molecule has 1 N–H and O–H groups in total. The van der Waals surface area contributed by atoms with E-state index in [0.717, 1.165) is 6.07 Å². The monoisotopic (exact) mass is 466 g/mol. The summed E-state index contributed by atoms with van der Waals surface area (Å²) in [6.07, 6.45) is -4.32. The number of nitrogens with zero attached hydrogens (tertiary/aromatic N) is 1. The molecule has 10 heteroatoms. The van der Waals surface area contributed by atoms with Crippen molar-refractivity contribution in [2.75, 3.05) is 27.9 Å². The molecule has 1 aliphatic rings. The molecule has 0 aromatic heterocycles. The van der Waals surface area contributed by atoms with E-state index in [0.29, 0.717) is 17.1 Å². The van der Waals surface area contributed by atoms with E-state index in [9.17, 15) is 22.8 Å². The lowest BCUT2D eigenvalue weighted by molar-refractivity contribution is -0.146. The average Bonchev–Trinajstić information content (AvgIpc) is 3.19. The van der Waals surface area contributed by atoms with E-state index in [1.54, 1.807) is 23.1 Å². The Bertz CT molecular complexity index is 990. The summed E-state index contributed by atoms with van der Waals surface area (Å²) in [7, 11) is 4.15. The van der Waals surface area contributed by atoms with E-state index in [-0.39, 0.29) is 25.1 Å².